The van der Waals surface area contributed by atoms with Crippen LogP contribution < -0.4 is 5.73 Å². The van der Waals surface area contributed by atoms with Gasteiger partial charge in [-0.1, -0.05) is 0 Å². The van der Waals surface area contributed by atoms with Gasteiger partial charge in [0.2, 0.25) is 0 Å². The summed E-state index contributed by atoms with van der Waals surface area (Å²) in [6.07, 6.45) is -3.91. The highest BCUT2D eigenvalue weighted by Crippen LogP contribution is 2.17. The van der Waals surface area contributed by atoms with E-state index >= 15 is 0 Å². The van der Waals surface area contributed by atoms with Crippen LogP contribution in [0.3, 0.4) is 0 Å². The highest BCUT2D eigenvalue weighted by molar-refractivity contribution is 4.88. The predicted molar refractivity (Wildman–Crippen MR) is 36.5 cm³/mol. The van der Waals surface area contributed by atoms with Crippen LogP contribution in [0.1, 0.15) is 6.92 Å². The smallest absolute Gasteiger partial charge is 0.172 e. The normalized spacial score (nSPS) is 52.6. The van der Waals surface area contributed by atoms with E-state index in [0.29, 0.717) is 0 Å². The molecule has 0 radical (unpaired) electrons. The fourth-order valence-electron chi connectivity index (χ4n) is 1.07. The number of rotatable bonds is 0. The quantitative estimate of drug-likeness (QED) is 0.324. The monoisotopic (exact) mass is 163 g/mol. The van der Waals surface area contributed by atoms with Gasteiger partial charge in [-0.15, -0.1) is 0 Å². The number of hydrogen-bond donors (Lipinski definition) is 4. The molecule has 11 heavy (non-hydrogen) atoms. The topological polar surface area (TPSA) is 95.9 Å². The molecule has 1 heterocycles. The van der Waals surface area contributed by atoms with Crippen LogP contribution in [-0.4, -0.2) is 46.0 Å². The molecule has 0 saturated carbocycles. The molecule has 0 aromatic heterocycles. The summed E-state index contributed by atoms with van der Waals surface area (Å²) >= 11 is 0. The van der Waals surface area contributed by atoms with Gasteiger partial charge in [0.05, 0.1) is 12.1 Å². The number of ether oxygens (including phenoxy) is 1. The minimum atomic E-state index is -1.19. The van der Waals surface area contributed by atoms with Gasteiger partial charge in [0.1, 0.15) is 12.2 Å². The number of aliphatic hydroxyl groups excluding tert-OH is 3. The van der Waals surface area contributed by atoms with Crippen LogP contribution in [0, 0.1) is 0 Å². The zero-order chi connectivity index (χ0) is 8.59. The lowest BCUT2D eigenvalue weighted by molar-refractivity contribution is -0.236. The van der Waals surface area contributed by atoms with Crippen molar-refractivity contribution >= 4 is 0 Å². The molecule has 5 nitrogen and oxygen atoms in total. The van der Waals surface area contributed by atoms with E-state index in [4.69, 9.17) is 20.7 Å². The van der Waals surface area contributed by atoms with E-state index in [2.05, 4.69) is 0 Å². The molecule has 0 aliphatic carbocycles. The number of aliphatic hydroxyl groups is 3. The first-order valence-electron chi connectivity index (χ1n) is 3.49. The second-order valence-corrected chi connectivity index (χ2v) is 2.79. The van der Waals surface area contributed by atoms with E-state index in [1.807, 2.05) is 0 Å². The van der Waals surface area contributed by atoms with E-state index in [0.717, 1.165) is 0 Å². The summed E-state index contributed by atoms with van der Waals surface area (Å²) in [5.41, 5.74) is 5.29. The van der Waals surface area contributed by atoms with Crippen LogP contribution in [0.25, 0.3) is 0 Å². The van der Waals surface area contributed by atoms with Crippen LogP contribution in [0.5, 0.6) is 0 Å². The fraction of sp³-hybridized carbons (Fsp3) is 1.00. The number of nitrogens with two attached hydrogens (primary N) is 1. The SMILES string of the molecule is C[C@@H]1OC(O)[C@@H](N)[C@H](O)[C@@H]1O. The van der Waals surface area contributed by atoms with Gasteiger partial charge in [0.25, 0.3) is 0 Å². The average Bonchev–Trinajstić information content (AvgIpc) is 1.97. The zero-order valence-electron chi connectivity index (χ0n) is 6.21. The van der Waals surface area contributed by atoms with Gasteiger partial charge in [-0.25, -0.2) is 0 Å². The summed E-state index contributed by atoms with van der Waals surface area (Å²) in [5, 5.41) is 27.4. The largest absolute Gasteiger partial charge is 0.388 e. The standard InChI is InChI=1S/C6H13NO4/c1-2-4(8)5(9)3(7)6(10)11-2/h2-6,8-10H,7H2,1H3/t2-,3-,4+,5-,6?/m0/s1. The highest BCUT2D eigenvalue weighted by atomic mass is 16.6. The van der Waals surface area contributed by atoms with E-state index in [-0.39, 0.29) is 0 Å². The second kappa shape index (κ2) is 3.04. The minimum Gasteiger partial charge on any atom is -0.388 e. The van der Waals surface area contributed by atoms with Crippen molar-refractivity contribution < 1.29 is 20.1 Å². The molecule has 1 aliphatic heterocycles. The molecule has 5 N–H and O–H groups in total. The van der Waals surface area contributed by atoms with Crippen LogP contribution in [0.4, 0.5) is 0 Å². The molecule has 0 aromatic rings. The Balaban J connectivity index is 2.63. The Morgan fingerprint density at radius 2 is 1.73 bits per heavy atom. The summed E-state index contributed by atoms with van der Waals surface area (Å²) < 4.78 is 4.80. The Bertz CT molecular complexity index is 129. The third-order valence-corrected chi connectivity index (χ3v) is 1.91. The molecule has 5 heteroatoms. The maximum Gasteiger partial charge on any atom is 0.172 e. The maximum atomic E-state index is 9.17. The van der Waals surface area contributed by atoms with Gasteiger partial charge in [-0.2, -0.15) is 0 Å². The molecule has 66 valence electrons. The fourth-order valence-corrected chi connectivity index (χ4v) is 1.07. The van der Waals surface area contributed by atoms with Crippen LogP contribution in [0.2, 0.25) is 0 Å². The molecule has 0 amide bonds. The van der Waals surface area contributed by atoms with Gasteiger partial charge >= 0.3 is 0 Å². The van der Waals surface area contributed by atoms with Crippen molar-refractivity contribution in [3.8, 4) is 0 Å². The van der Waals surface area contributed by atoms with E-state index in [1.54, 1.807) is 6.92 Å². The van der Waals surface area contributed by atoms with E-state index in [9.17, 15) is 5.11 Å². The van der Waals surface area contributed by atoms with Crippen LogP contribution in [0.15, 0.2) is 0 Å². The van der Waals surface area contributed by atoms with Crippen molar-refractivity contribution in [2.75, 3.05) is 0 Å². The molecule has 1 unspecified atom stereocenters. The third kappa shape index (κ3) is 1.52. The molecule has 1 aliphatic rings. The molecule has 1 rings (SSSR count). The third-order valence-electron chi connectivity index (χ3n) is 1.91. The van der Waals surface area contributed by atoms with Crippen LogP contribution >= 0.6 is 0 Å². The van der Waals surface area contributed by atoms with Crippen molar-refractivity contribution in [1.29, 1.82) is 0 Å². The van der Waals surface area contributed by atoms with Crippen molar-refractivity contribution in [2.24, 2.45) is 5.73 Å². The summed E-state index contributed by atoms with van der Waals surface area (Å²) in [6, 6.07) is -0.929. The van der Waals surface area contributed by atoms with Gasteiger partial charge in [0.15, 0.2) is 6.29 Å². The predicted octanol–water partition coefficient (Wildman–Crippen LogP) is -2.23. The van der Waals surface area contributed by atoms with Crippen molar-refractivity contribution in [3.63, 3.8) is 0 Å². The van der Waals surface area contributed by atoms with E-state index < -0.39 is 30.6 Å². The van der Waals surface area contributed by atoms with Crippen molar-refractivity contribution in [2.45, 2.75) is 37.6 Å². The first kappa shape index (κ1) is 8.89. The van der Waals surface area contributed by atoms with Gasteiger partial charge < -0.3 is 25.8 Å². The Morgan fingerprint density at radius 3 is 2.27 bits per heavy atom. The second-order valence-electron chi connectivity index (χ2n) is 2.79. The lowest BCUT2D eigenvalue weighted by Crippen LogP contribution is -2.60. The summed E-state index contributed by atoms with van der Waals surface area (Å²) in [7, 11) is 0. The van der Waals surface area contributed by atoms with Gasteiger partial charge in [-0.3, -0.25) is 0 Å². The molecule has 5 atom stereocenters. The zero-order valence-corrected chi connectivity index (χ0v) is 6.21. The summed E-state index contributed by atoms with van der Waals surface area (Å²) in [5.74, 6) is 0. The maximum absolute atomic E-state index is 9.17. The molecular formula is C6H13NO4. The Kier molecular flexibility index (Phi) is 2.46. The van der Waals surface area contributed by atoms with Gasteiger partial charge in [-0.05, 0) is 6.92 Å². The van der Waals surface area contributed by atoms with Crippen LogP contribution in [-0.2, 0) is 4.74 Å². The number of hydrogen-bond acceptors (Lipinski definition) is 5. The Morgan fingerprint density at radius 1 is 1.18 bits per heavy atom. The molecule has 0 spiro atoms. The van der Waals surface area contributed by atoms with Crippen molar-refractivity contribution in [3.05, 3.63) is 0 Å². The highest BCUT2D eigenvalue weighted by Gasteiger charge is 2.39. The molecule has 1 fully saturated rings. The van der Waals surface area contributed by atoms with Gasteiger partial charge in [0, 0.05) is 0 Å². The first-order chi connectivity index (χ1) is 5.04. The Hall–Kier alpha value is -0.200. The lowest BCUT2D eigenvalue weighted by atomic mass is 9.99. The lowest BCUT2D eigenvalue weighted by Gasteiger charge is -2.37. The van der Waals surface area contributed by atoms with E-state index in [1.165, 1.54) is 0 Å². The summed E-state index contributed by atoms with van der Waals surface area (Å²) in [4.78, 5) is 0. The first-order valence-corrected chi connectivity index (χ1v) is 3.49. The Labute approximate surface area is 64.4 Å². The molecule has 1 saturated heterocycles. The molecular weight excluding hydrogens is 150 g/mol. The average molecular weight is 163 g/mol. The molecule has 0 bridgehead atoms. The molecule has 0 aromatic carbocycles. The summed E-state index contributed by atoms with van der Waals surface area (Å²) in [6.45, 7) is 1.56. The van der Waals surface area contributed by atoms with Crippen molar-refractivity contribution in [1.82, 2.24) is 0 Å². The minimum absolute atomic E-state index is 0.584.